The van der Waals surface area contributed by atoms with E-state index < -0.39 is 7.26 Å². The van der Waals surface area contributed by atoms with Gasteiger partial charge in [0.1, 0.15) is 17.9 Å². The minimum Gasteiger partial charge on any atom is -0.296 e. The van der Waals surface area contributed by atoms with Crippen LogP contribution in [0.25, 0.3) is 0 Å². The zero-order chi connectivity index (χ0) is 17.4. The molecule has 2 rings (SSSR count). The predicted molar refractivity (Wildman–Crippen MR) is 110 cm³/mol. The molecule has 0 N–H and O–H groups in total. The summed E-state index contributed by atoms with van der Waals surface area (Å²) in [5.41, 5.74) is 0.844. The highest BCUT2D eigenvalue weighted by Gasteiger charge is 2.39. The van der Waals surface area contributed by atoms with Gasteiger partial charge in [0.2, 0.25) is 0 Å². The Balaban J connectivity index is 2.62. The van der Waals surface area contributed by atoms with Crippen LogP contribution in [0.1, 0.15) is 6.92 Å². The molecule has 2 aromatic carbocycles. The molecule has 120 valence electrons. The maximum atomic E-state index is 5.67. The molecule has 0 aromatic heterocycles. The Bertz CT molecular complexity index is 753. The van der Waals surface area contributed by atoms with Gasteiger partial charge < -0.3 is 0 Å². The van der Waals surface area contributed by atoms with E-state index in [1.165, 1.54) is 15.9 Å². The lowest BCUT2D eigenvalue weighted by molar-refractivity contribution is 1.47. The summed E-state index contributed by atoms with van der Waals surface area (Å²) in [6.45, 7) is 4.54. The molecule has 2 heteroatoms. The fourth-order valence-corrected chi connectivity index (χ4v) is 5.70. The molecule has 0 aliphatic rings. The van der Waals surface area contributed by atoms with Gasteiger partial charge in [0.25, 0.3) is 0 Å². The third-order valence-corrected chi connectivity index (χ3v) is 8.39. The largest absolute Gasteiger partial charge is 0.296 e. The van der Waals surface area contributed by atoms with Crippen LogP contribution in [0.5, 0.6) is 0 Å². The van der Waals surface area contributed by atoms with E-state index in [1.807, 2.05) is 6.08 Å². The quantitative estimate of drug-likeness (QED) is 0.332. The first-order valence-electron chi connectivity index (χ1n) is 7.88. The number of allylic oxidation sites excluding steroid dienone is 4. The fraction of sp³-hybridized carbons (Fsp3) is 0.136. The molecule has 2 aromatic rings. The van der Waals surface area contributed by atoms with Crippen molar-refractivity contribution in [2.24, 2.45) is 4.99 Å². The van der Waals surface area contributed by atoms with Gasteiger partial charge in [-0.05, 0) is 43.3 Å². The van der Waals surface area contributed by atoms with Crippen LogP contribution in [0.15, 0.2) is 88.7 Å². The van der Waals surface area contributed by atoms with Crippen molar-refractivity contribution in [3.05, 3.63) is 83.7 Å². The Labute approximate surface area is 146 Å². The van der Waals surface area contributed by atoms with Crippen LogP contribution in [-0.4, -0.2) is 19.9 Å². The van der Waals surface area contributed by atoms with Crippen molar-refractivity contribution in [1.29, 1.82) is 0 Å². The van der Waals surface area contributed by atoms with E-state index in [0.29, 0.717) is 0 Å². The summed E-state index contributed by atoms with van der Waals surface area (Å²) in [5.74, 6) is 2.75. The van der Waals surface area contributed by atoms with E-state index in [0.717, 1.165) is 5.57 Å². The molecule has 0 bridgehead atoms. The average Bonchev–Trinajstić information content (AvgIpc) is 2.65. The number of hydrogen-bond acceptors (Lipinski definition) is 1. The highest BCUT2D eigenvalue weighted by Crippen LogP contribution is 2.60. The van der Waals surface area contributed by atoms with Gasteiger partial charge in [-0.25, -0.2) is 0 Å². The zero-order valence-electron chi connectivity index (χ0n) is 14.5. The number of rotatable bonds is 5. The number of terminal acetylenes is 1. The van der Waals surface area contributed by atoms with Crippen LogP contribution < -0.4 is 10.6 Å². The van der Waals surface area contributed by atoms with E-state index in [2.05, 4.69) is 91.2 Å². The van der Waals surface area contributed by atoms with Gasteiger partial charge in [0, 0.05) is 18.8 Å². The van der Waals surface area contributed by atoms with Gasteiger partial charge in [0.15, 0.2) is 0 Å². The first-order valence-corrected chi connectivity index (χ1v) is 10.1. The number of nitrogens with zero attached hydrogens (tertiary/aromatic N) is 1. The molecule has 24 heavy (non-hydrogen) atoms. The Morgan fingerprint density at radius 2 is 1.50 bits per heavy atom. The topological polar surface area (TPSA) is 12.4 Å². The van der Waals surface area contributed by atoms with Gasteiger partial charge >= 0.3 is 0 Å². The number of benzene rings is 2. The molecule has 0 unspecified atom stereocenters. The maximum Gasteiger partial charge on any atom is 0.104 e. The van der Waals surface area contributed by atoms with Crippen molar-refractivity contribution >= 4 is 24.1 Å². The van der Waals surface area contributed by atoms with Crippen LogP contribution in [0.2, 0.25) is 0 Å². The van der Waals surface area contributed by atoms with Crippen LogP contribution in [0, 0.1) is 12.3 Å². The lowest BCUT2D eigenvalue weighted by atomic mass is 10.2. The molecule has 0 aliphatic carbocycles. The van der Waals surface area contributed by atoms with Crippen LogP contribution in [0.3, 0.4) is 0 Å². The van der Waals surface area contributed by atoms with E-state index in [1.54, 1.807) is 13.3 Å². The van der Waals surface area contributed by atoms with Gasteiger partial charge in [-0.2, -0.15) is 0 Å². The van der Waals surface area contributed by atoms with Crippen LogP contribution in [-0.2, 0) is 0 Å². The smallest absolute Gasteiger partial charge is 0.104 e. The standard InChI is InChI=1S/C22H23NP/c1-5-20(16-17-23-3)18-19(2)24(4,21-12-8-6-9-13-21)22-14-10-7-11-15-22/h1,6-18H,2-4H3/q+1/b19-18+,20-16-,23-17?. The highest BCUT2D eigenvalue weighted by atomic mass is 31.2. The van der Waals surface area contributed by atoms with Crippen molar-refractivity contribution < 1.29 is 0 Å². The summed E-state index contributed by atoms with van der Waals surface area (Å²) in [7, 11) is 0.0582. The van der Waals surface area contributed by atoms with Crippen molar-refractivity contribution in [1.82, 2.24) is 0 Å². The van der Waals surface area contributed by atoms with Crippen molar-refractivity contribution in [2.75, 3.05) is 13.7 Å². The molecular formula is C22H23NP+. The molecule has 0 amide bonds. The highest BCUT2D eigenvalue weighted by molar-refractivity contribution is 7.92. The van der Waals surface area contributed by atoms with Gasteiger partial charge in [-0.1, -0.05) is 42.3 Å². The Morgan fingerprint density at radius 1 is 1.00 bits per heavy atom. The fourth-order valence-electron chi connectivity index (χ4n) is 2.66. The minimum atomic E-state index is -1.68. The Kier molecular flexibility index (Phi) is 6.30. The summed E-state index contributed by atoms with van der Waals surface area (Å²) in [5, 5.41) is 4.00. The molecule has 0 heterocycles. The van der Waals surface area contributed by atoms with Crippen molar-refractivity contribution in [3.8, 4) is 12.3 Å². The summed E-state index contributed by atoms with van der Waals surface area (Å²) >= 11 is 0. The third kappa shape index (κ3) is 3.91. The molecular weight excluding hydrogens is 309 g/mol. The summed E-state index contributed by atoms with van der Waals surface area (Å²) in [6, 6.07) is 21.4. The minimum absolute atomic E-state index is 0.844. The maximum absolute atomic E-state index is 5.67. The monoisotopic (exact) mass is 332 g/mol. The molecule has 0 atom stereocenters. The Morgan fingerprint density at radius 3 is 1.92 bits per heavy atom. The molecule has 0 fully saturated rings. The summed E-state index contributed by atoms with van der Waals surface area (Å²) in [6.07, 6.45) is 11.4. The lowest BCUT2D eigenvalue weighted by Gasteiger charge is -2.23. The van der Waals surface area contributed by atoms with E-state index >= 15 is 0 Å². The molecule has 0 aliphatic heterocycles. The summed E-state index contributed by atoms with van der Waals surface area (Å²) in [4.78, 5) is 3.99. The van der Waals surface area contributed by atoms with Gasteiger partial charge in [-0.15, -0.1) is 6.42 Å². The average molecular weight is 332 g/mol. The molecule has 0 saturated heterocycles. The second-order valence-corrected chi connectivity index (χ2v) is 9.39. The van der Waals surface area contributed by atoms with Crippen LogP contribution >= 0.6 is 7.26 Å². The van der Waals surface area contributed by atoms with Gasteiger partial charge in [0.05, 0.1) is 12.0 Å². The van der Waals surface area contributed by atoms with Crippen LogP contribution in [0.4, 0.5) is 0 Å². The molecule has 0 saturated carbocycles. The first kappa shape index (κ1) is 17.9. The first-order chi connectivity index (χ1) is 11.6. The lowest BCUT2D eigenvalue weighted by Crippen LogP contribution is -2.22. The van der Waals surface area contributed by atoms with Crippen molar-refractivity contribution in [2.45, 2.75) is 6.92 Å². The molecule has 1 nitrogen and oxygen atoms in total. The van der Waals surface area contributed by atoms with E-state index in [9.17, 15) is 0 Å². The van der Waals surface area contributed by atoms with Crippen molar-refractivity contribution in [3.63, 3.8) is 0 Å². The Hall–Kier alpha value is -2.42. The van der Waals surface area contributed by atoms with E-state index in [4.69, 9.17) is 6.42 Å². The summed E-state index contributed by atoms with van der Waals surface area (Å²) < 4.78 is 0. The van der Waals surface area contributed by atoms with E-state index in [-0.39, 0.29) is 0 Å². The molecule has 0 radical (unpaired) electrons. The SMILES string of the molecule is C#CC(=C/C=NC)/C=C(\C)[P+](C)(c1ccccc1)c1ccccc1. The number of aliphatic imine (C=N–C) groups is 1. The molecule has 0 spiro atoms. The second-order valence-electron chi connectivity index (χ2n) is 5.64. The normalized spacial score (nSPS) is 13.1. The zero-order valence-corrected chi connectivity index (χ0v) is 15.4. The second kappa shape index (κ2) is 8.44. The van der Waals surface area contributed by atoms with Gasteiger partial charge in [-0.3, -0.25) is 4.99 Å². The number of hydrogen-bond donors (Lipinski definition) is 0. The third-order valence-electron chi connectivity index (χ3n) is 4.18. The predicted octanol–water partition coefficient (Wildman–Crippen LogP) is 4.45.